The first kappa shape index (κ1) is 19.7. The summed E-state index contributed by atoms with van der Waals surface area (Å²) in [5.74, 6) is 0.729. The largest absolute Gasteiger partial charge is 0.353 e. The lowest BCUT2D eigenvalue weighted by Crippen LogP contribution is -2.37. The van der Waals surface area contributed by atoms with Gasteiger partial charge in [0.2, 0.25) is 5.91 Å². The first-order valence-corrected chi connectivity index (χ1v) is 10.7. The van der Waals surface area contributed by atoms with Gasteiger partial charge in [0.25, 0.3) is 0 Å². The molecule has 1 aromatic heterocycles. The Bertz CT molecular complexity index is 985. The minimum atomic E-state index is -0.187. The first-order chi connectivity index (χ1) is 14.1. The van der Waals surface area contributed by atoms with Gasteiger partial charge in [-0.25, -0.2) is 4.39 Å². The van der Waals surface area contributed by atoms with E-state index in [-0.39, 0.29) is 11.7 Å². The van der Waals surface area contributed by atoms with Crippen molar-refractivity contribution in [1.29, 1.82) is 0 Å². The Balaban J connectivity index is 1.45. The number of fused-ring (bicyclic) bond motifs is 1. The zero-order valence-corrected chi connectivity index (χ0v) is 17.0. The van der Waals surface area contributed by atoms with E-state index in [4.69, 9.17) is 0 Å². The number of hydrogen-bond acceptors (Lipinski definition) is 1. The molecule has 1 aliphatic carbocycles. The Morgan fingerprint density at radius 2 is 1.76 bits per heavy atom. The molecule has 0 unspecified atom stereocenters. The van der Waals surface area contributed by atoms with Gasteiger partial charge in [-0.3, -0.25) is 4.79 Å². The molecule has 0 atom stereocenters. The summed E-state index contributed by atoms with van der Waals surface area (Å²) in [7, 11) is 0. The molecular formula is C25H29FN2O. The number of carbonyl (C=O) groups excluding carboxylic acids is 1. The Morgan fingerprint density at radius 1 is 1.03 bits per heavy atom. The van der Waals surface area contributed by atoms with E-state index >= 15 is 0 Å². The van der Waals surface area contributed by atoms with Crippen molar-refractivity contribution in [3.05, 3.63) is 71.7 Å². The van der Waals surface area contributed by atoms with Crippen LogP contribution in [0.4, 0.5) is 4.39 Å². The smallest absolute Gasteiger partial charge is 0.220 e. The molecule has 29 heavy (non-hydrogen) atoms. The summed E-state index contributed by atoms with van der Waals surface area (Å²) in [5, 5.41) is 4.36. The van der Waals surface area contributed by atoms with E-state index in [0.717, 1.165) is 35.2 Å². The molecule has 2 aromatic carbocycles. The van der Waals surface area contributed by atoms with Crippen molar-refractivity contribution in [3.63, 3.8) is 0 Å². The molecular weight excluding hydrogens is 363 g/mol. The summed E-state index contributed by atoms with van der Waals surface area (Å²) in [6, 6.07) is 15.4. The molecule has 0 aliphatic heterocycles. The average molecular weight is 393 g/mol. The second kappa shape index (κ2) is 8.81. The molecule has 0 bridgehead atoms. The predicted molar refractivity (Wildman–Crippen MR) is 115 cm³/mol. The van der Waals surface area contributed by atoms with Crippen molar-refractivity contribution in [2.75, 3.05) is 0 Å². The maximum Gasteiger partial charge on any atom is 0.220 e. The highest BCUT2D eigenvalue weighted by atomic mass is 19.1. The van der Waals surface area contributed by atoms with Crippen LogP contribution in [0.15, 0.2) is 54.7 Å². The summed E-state index contributed by atoms with van der Waals surface area (Å²) in [5.41, 5.74) is 2.89. The summed E-state index contributed by atoms with van der Waals surface area (Å²) in [6.45, 7) is 2.77. The van der Waals surface area contributed by atoms with Crippen LogP contribution in [0, 0.1) is 11.7 Å². The highest BCUT2D eigenvalue weighted by molar-refractivity contribution is 5.85. The number of nitrogens with one attached hydrogen (secondary N) is 1. The second-order valence-electron chi connectivity index (χ2n) is 8.42. The fourth-order valence-electron chi connectivity index (χ4n) is 4.42. The van der Waals surface area contributed by atoms with Gasteiger partial charge in [0, 0.05) is 35.1 Å². The van der Waals surface area contributed by atoms with Crippen LogP contribution in [-0.2, 0) is 17.8 Å². The number of hydrogen-bond donors (Lipinski definition) is 1. The van der Waals surface area contributed by atoms with Crippen molar-refractivity contribution >= 4 is 16.8 Å². The van der Waals surface area contributed by atoms with Gasteiger partial charge in [0.15, 0.2) is 0 Å². The number of halogens is 1. The zero-order valence-electron chi connectivity index (χ0n) is 17.0. The molecule has 0 radical (unpaired) electrons. The standard InChI is InChI=1S/C25H29FN2O/c1-18-10-13-21(14-11-18)27-25(29)15-12-19-16-28(24-9-5-3-7-22(19)24)17-20-6-2-4-8-23(20)26/h2-9,16,18,21H,10-15,17H2,1H3,(H,27,29). The van der Waals surface area contributed by atoms with Crippen LogP contribution in [0.1, 0.15) is 50.2 Å². The summed E-state index contributed by atoms with van der Waals surface area (Å²) in [4.78, 5) is 12.5. The van der Waals surface area contributed by atoms with Crippen molar-refractivity contribution in [3.8, 4) is 0 Å². The number of para-hydroxylation sites is 1. The third-order valence-corrected chi connectivity index (χ3v) is 6.17. The van der Waals surface area contributed by atoms with Gasteiger partial charge in [0.1, 0.15) is 5.82 Å². The third-order valence-electron chi connectivity index (χ3n) is 6.17. The summed E-state index contributed by atoms with van der Waals surface area (Å²) in [6.07, 6.45) is 7.85. The van der Waals surface area contributed by atoms with E-state index in [1.165, 1.54) is 18.9 Å². The Labute approximate surface area is 171 Å². The quantitative estimate of drug-likeness (QED) is 0.594. The lowest BCUT2D eigenvalue weighted by Gasteiger charge is -2.26. The third kappa shape index (κ3) is 4.69. The van der Waals surface area contributed by atoms with E-state index < -0.39 is 0 Å². The monoisotopic (exact) mass is 392 g/mol. The number of benzene rings is 2. The minimum absolute atomic E-state index is 0.135. The van der Waals surface area contributed by atoms with E-state index in [1.54, 1.807) is 6.07 Å². The van der Waals surface area contributed by atoms with E-state index in [0.29, 0.717) is 31.0 Å². The molecule has 152 valence electrons. The fraction of sp³-hybridized carbons (Fsp3) is 0.400. The molecule has 1 heterocycles. The highest BCUT2D eigenvalue weighted by Gasteiger charge is 2.20. The number of carbonyl (C=O) groups is 1. The second-order valence-corrected chi connectivity index (χ2v) is 8.42. The zero-order chi connectivity index (χ0) is 20.2. The average Bonchev–Trinajstić information content (AvgIpc) is 3.08. The Morgan fingerprint density at radius 3 is 2.55 bits per heavy atom. The first-order valence-electron chi connectivity index (χ1n) is 10.7. The van der Waals surface area contributed by atoms with Crippen molar-refractivity contribution < 1.29 is 9.18 Å². The van der Waals surface area contributed by atoms with Crippen LogP contribution >= 0.6 is 0 Å². The van der Waals surface area contributed by atoms with Gasteiger partial charge in [-0.05, 0) is 55.7 Å². The van der Waals surface area contributed by atoms with Crippen LogP contribution in [-0.4, -0.2) is 16.5 Å². The molecule has 1 amide bonds. The molecule has 3 aromatic rings. The predicted octanol–water partition coefficient (Wildman–Crippen LogP) is 5.46. The number of aromatic nitrogens is 1. The molecule has 0 saturated heterocycles. The lowest BCUT2D eigenvalue weighted by molar-refractivity contribution is -0.122. The number of amides is 1. The van der Waals surface area contributed by atoms with Gasteiger partial charge < -0.3 is 9.88 Å². The number of aryl methyl sites for hydroxylation is 1. The van der Waals surface area contributed by atoms with Crippen LogP contribution in [0.5, 0.6) is 0 Å². The Kier molecular flexibility index (Phi) is 5.98. The Hall–Kier alpha value is -2.62. The summed E-state index contributed by atoms with van der Waals surface area (Å²) < 4.78 is 16.2. The topological polar surface area (TPSA) is 34.0 Å². The summed E-state index contributed by atoms with van der Waals surface area (Å²) >= 11 is 0. The molecule has 1 fully saturated rings. The van der Waals surface area contributed by atoms with Gasteiger partial charge in [-0.15, -0.1) is 0 Å². The van der Waals surface area contributed by atoms with Gasteiger partial charge in [-0.2, -0.15) is 0 Å². The molecule has 1 N–H and O–H groups in total. The molecule has 4 rings (SSSR count). The normalized spacial score (nSPS) is 19.4. The van der Waals surface area contributed by atoms with Gasteiger partial charge in [0.05, 0.1) is 6.54 Å². The number of nitrogens with zero attached hydrogens (tertiary/aromatic N) is 1. The minimum Gasteiger partial charge on any atom is -0.353 e. The van der Waals surface area contributed by atoms with E-state index in [1.807, 2.05) is 24.3 Å². The van der Waals surface area contributed by atoms with Crippen LogP contribution in [0.2, 0.25) is 0 Å². The molecule has 4 heteroatoms. The molecule has 1 saturated carbocycles. The maximum atomic E-state index is 14.1. The van der Waals surface area contributed by atoms with Crippen LogP contribution < -0.4 is 5.32 Å². The van der Waals surface area contributed by atoms with Crippen molar-refractivity contribution in [1.82, 2.24) is 9.88 Å². The molecule has 3 nitrogen and oxygen atoms in total. The van der Waals surface area contributed by atoms with Gasteiger partial charge >= 0.3 is 0 Å². The molecule has 0 spiro atoms. The number of rotatable bonds is 6. The maximum absolute atomic E-state index is 14.1. The van der Waals surface area contributed by atoms with Crippen LogP contribution in [0.25, 0.3) is 10.9 Å². The lowest BCUT2D eigenvalue weighted by atomic mass is 9.87. The van der Waals surface area contributed by atoms with E-state index in [9.17, 15) is 9.18 Å². The molecule has 1 aliphatic rings. The van der Waals surface area contributed by atoms with E-state index in [2.05, 4.69) is 35.1 Å². The SMILES string of the molecule is CC1CCC(NC(=O)CCc2cn(Cc3ccccc3F)c3ccccc23)CC1. The van der Waals surface area contributed by atoms with Crippen LogP contribution in [0.3, 0.4) is 0 Å². The fourth-order valence-corrected chi connectivity index (χ4v) is 4.42. The highest BCUT2D eigenvalue weighted by Crippen LogP contribution is 2.25. The van der Waals surface area contributed by atoms with Crippen molar-refractivity contribution in [2.24, 2.45) is 5.92 Å². The van der Waals surface area contributed by atoms with Crippen molar-refractivity contribution in [2.45, 2.75) is 58.0 Å². The van der Waals surface area contributed by atoms with Gasteiger partial charge in [-0.1, -0.05) is 43.3 Å².